The fourth-order valence-electron chi connectivity index (χ4n) is 1.43. The topological polar surface area (TPSA) is 65.5 Å². The lowest BCUT2D eigenvalue weighted by molar-refractivity contribution is -0.141. The monoisotopic (exact) mass is 259 g/mol. The van der Waals surface area contributed by atoms with Crippen molar-refractivity contribution in [2.24, 2.45) is 0 Å². The van der Waals surface area contributed by atoms with Gasteiger partial charge in [-0.15, -0.1) is 0 Å². The van der Waals surface area contributed by atoms with Crippen LogP contribution in [0.1, 0.15) is 5.69 Å². The Labute approximate surface area is 99.5 Å². The Morgan fingerprint density at radius 1 is 1.39 bits per heavy atom. The zero-order valence-corrected chi connectivity index (χ0v) is 8.90. The number of hydrogen-bond donors (Lipinski definition) is 2. The molecule has 0 aliphatic carbocycles. The summed E-state index contributed by atoms with van der Waals surface area (Å²) < 4.78 is 36.9. The molecule has 8 heteroatoms. The maximum Gasteiger partial charge on any atom is 0.433 e. The van der Waals surface area contributed by atoms with Crippen LogP contribution in [-0.4, -0.2) is 22.5 Å². The molecule has 1 amide bonds. The lowest BCUT2D eigenvalue weighted by atomic mass is 10.3. The highest BCUT2D eigenvalue weighted by molar-refractivity contribution is 5.90. The molecule has 18 heavy (non-hydrogen) atoms. The van der Waals surface area contributed by atoms with Crippen molar-refractivity contribution in [2.45, 2.75) is 6.18 Å². The fraction of sp³-hybridized carbons (Fsp3) is 0.200. The first-order valence-corrected chi connectivity index (χ1v) is 4.87. The highest BCUT2D eigenvalue weighted by Crippen LogP contribution is 2.28. The van der Waals surface area contributed by atoms with Gasteiger partial charge in [-0.1, -0.05) is 0 Å². The van der Waals surface area contributed by atoms with E-state index < -0.39 is 17.8 Å². The first-order chi connectivity index (χ1) is 8.36. The fourth-order valence-corrected chi connectivity index (χ4v) is 1.43. The van der Waals surface area contributed by atoms with Crippen molar-refractivity contribution >= 4 is 11.6 Å². The molecule has 0 aromatic carbocycles. The summed E-state index contributed by atoms with van der Waals surface area (Å²) >= 11 is 0. The molecule has 1 aromatic rings. The summed E-state index contributed by atoms with van der Waals surface area (Å²) in [6.45, 7) is -0.0290. The second-order valence-electron chi connectivity index (χ2n) is 3.60. The maximum atomic E-state index is 12.3. The summed E-state index contributed by atoms with van der Waals surface area (Å²) in [6.07, 6.45) is -2.54. The van der Waals surface area contributed by atoms with E-state index in [-0.39, 0.29) is 18.0 Å². The Bertz CT molecular complexity index is 496. The molecule has 1 aliphatic rings. The zero-order chi connectivity index (χ0) is 13.3. The van der Waals surface area contributed by atoms with E-state index in [9.17, 15) is 23.1 Å². The minimum Gasteiger partial charge on any atom is -0.510 e. The van der Waals surface area contributed by atoms with Crippen LogP contribution in [0.2, 0.25) is 0 Å². The van der Waals surface area contributed by atoms with Crippen LogP contribution < -0.4 is 10.4 Å². The highest BCUT2D eigenvalue weighted by Gasteiger charge is 2.32. The number of amides is 1. The number of carbonyl (C=O) groups is 1. The molecular weight excluding hydrogens is 251 g/mol. The van der Waals surface area contributed by atoms with E-state index in [1.165, 1.54) is 5.01 Å². The average molecular weight is 259 g/mol. The number of hydrazine groups is 1. The summed E-state index contributed by atoms with van der Waals surface area (Å²) in [5.41, 5.74) is 1.59. The number of carbonyl (C=O) groups excluding carboxylic acids is 1. The zero-order valence-electron chi connectivity index (χ0n) is 8.90. The van der Waals surface area contributed by atoms with Crippen LogP contribution in [0.5, 0.6) is 0 Å². The molecule has 0 spiro atoms. The number of halogens is 3. The van der Waals surface area contributed by atoms with Crippen LogP contribution >= 0.6 is 0 Å². The van der Waals surface area contributed by atoms with Crippen molar-refractivity contribution in [1.29, 1.82) is 0 Å². The van der Waals surface area contributed by atoms with Gasteiger partial charge in [0.25, 0.3) is 5.91 Å². The van der Waals surface area contributed by atoms with E-state index in [0.29, 0.717) is 0 Å². The first kappa shape index (κ1) is 12.2. The molecule has 0 radical (unpaired) electrons. The molecule has 0 fully saturated rings. The van der Waals surface area contributed by atoms with E-state index in [4.69, 9.17) is 0 Å². The number of alkyl halides is 3. The molecule has 2 heterocycles. The average Bonchev–Trinajstić information content (AvgIpc) is 2.27. The largest absolute Gasteiger partial charge is 0.510 e. The van der Waals surface area contributed by atoms with Gasteiger partial charge in [0.05, 0.1) is 18.4 Å². The second-order valence-corrected chi connectivity index (χ2v) is 3.60. The molecule has 2 N–H and O–H groups in total. The SMILES string of the molecule is O=C1C=C(O)CN(c2ccc(C(F)(F)F)nc2)N1. The third-order valence-electron chi connectivity index (χ3n) is 2.21. The number of aliphatic hydroxyl groups is 1. The van der Waals surface area contributed by atoms with Crippen molar-refractivity contribution in [3.05, 3.63) is 35.9 Å². The van der Waals surface area contributed by atoms with Crippen LogP contribution in [0, 0.1) is 0 Å². The molecule has 96 valence electrons. The Balaban J connectivity index is 2.21. The number of pyridine rings is 1. The predicted molar refractivity (Wildman–Crippen MR) is 55.4 cm³/mol. The lowest BCUT2D eigenvalue weighted by Crippen LogP contribution is -2.46. The molecule has 0 saturated heterocycles. The van der Waals surface area contributed by atoms with Gasteiger partial charge >= 0.3 is 6.18 Å². The standard InChI is InChI=1S/C10H8F3N3O2/c11-10(12,13)8-2-1-6(4-14-8)16-5-7(17)3-9(18)15-16/h1-4,17H,5H2,(H,15,18). The summed E-state index contributed by atoms with van der Waals surface area (Å²) in [5, 5.41) is 10.5. The summed E-state index contributed by atoms with van der Waals surface area (Å²) in [7, 11) is 0. The summed E-state index contributed by atoms with van der Waals surface area (Å²) in [5.74, 6) is -0.739. The normalized spacial score (nSPS) is 16.3. The number of anilines is 1. The number of hydrogen-bond acceptors (Lipinski definition) is 4. The van der Waals surface area contributed by atoms with Crippen molar-refractivity contribution in [3.8, 4) is 0 Å². The van der Waals surface area contributed by atoms with Crippen molar-refractivity contribution in [3.63, 3.8) is 0 Å². The van der Waals surface area contributed by atoms with Gasteiger partial charge in [0.15, 0.2) is 0 Å². The van der Waals surface area contributed by atoms with Gasteiger partial charge in [-0.3, -0.25) is 15.2 Å². The minimum atomic E-state index is -4.51. The summed E-state index contributed by atoms with van der Waals surface area (Å²) in [4.78, 5) is 14.3. The van der Waals surface area contributed by atoms with Gasteiger partial charge in [0.2, 0.25) is 0 Å². The van der Waals surface area contributed by atoms with Crippen LogP contribution in [0.4, 0.5) is 18.9 Å². The van der Waals surface area contributed by atoms with E-state index in [0.717, 1.165) is 24.4 Å². The maximum absolute atomic E-state index is 12.3. The van der Waals surface area contributed by atoms with Gasteiger partial charge in [0.1, 0.15) is 11.5 Å². The third kappa shape index (κ3) is 2.53. The van der Waals surface area contributed by atoms with Crippen LogP contribution in [-0.2, 0) is 11.0 Å². The summed E-state index contributed by atoms with van der Waals surface area (Å²) in [6, 6.07) is 1.96. The van der Waals surface area contributed by atoms with Gasteiger partial charge in [0, 0.05) is 6.08 Å². The van der Waals surface area contributed by atoms with Crippen LogP contribution in [0.25, 0.3) is 0 Å². The van der Waals surface area contributed by atoms with E-state index in [1.54, 1.807) is 0 Å². The minimum absolute atomic E-state index is 0.0290. The van der Waals surface area contributed by atoms with Crippen molar-refractivity contribution in [1.82, 2.24) is 10.4 Å². The molecule has 0 saturated carbocycles. The van der Waals surface area contributed by atoms with Crippen LogP contribution in [0.3, 0.4) is 0 Å². The quantitative estimate of drug-likeness (QED) is 0.800. The van der Waals surface area contributed by atoms with E-state index in [1.807, 2.05) is 0 Å². The van der Waals surface area contributed by atoms with Gasteiger partial charge in [-0.05, 0) is 12.1 Å². The number of nitrogens with zero attached hydrogens (tertiary/aromatic N) is 2. The van der Waals surface area contributed by atoms with Crippen LogP contribution in [0.15, 0.2) is 30.2 Å². The number of aliphatic hydroxyl groups excluding tert-OH is 1. The molecule has 0 unspecified atom stereocenters. The van der Waals surface area contributed by atoms with Crippen molar-refractivity contribution < 1.29 is 23.1 Å². The third-order valence-corrected chi connectivity index (χ3v) is 2.21. The molecular formula is C10H8F3N3O2. The number of aromatic nitrogens is 1. The van der Waals surface area contributed by atoms with Crippen molar-refractivity contribution in [2.75, 3.05) is 11.6 Å². The second kappa shape index (κ2) is 4.21. The van der Waals surface area contributed by atoms with Gasteiger partial charge < -0.3 is 5.11 Å². The Hall–Kier alpha value is -2.25. The smallest absolute Gasteiger partial charge is 0.433 e. The van der Waals surface area contributed by atoms with Gasteiger partial charge in [-0.2, -0.15) is 13.2 Å². The molecule has 5 nitrogen and oxygen atoms in total. The number of nitrogens with one attached hydrogen (secondary N) is 1. The Kier molecular flexibility index (Phi) is 2.85. The molecule has 1 aliphatic heterocycles. The molecule has 1 aromatic heterocycles. The highest BCUT2D eigenvalue weighted by atomic mass is 19.4. The van der Waals surface area contributed by atoms with E-state index >= 15 is 0 Å². The predicted octanol–water partition coefficient (Wildman–Crippen LogP) is 1.39. The molecule has 0 bridgehead atoms. The lowest BCUT2D eigenvalue weighted by Gasteiger charge is -2.27. The Morgan fingerprint density at radius 3 is 2.61 bits per heavy atom. The molecule has 2 rings (SSSR count). The first-order valence-electron chi connectivity index (χ1n) is 4.87. The van der Waals surface area contributed by atoms with Gasteiger partial charge in [-0.25, -0.2) is 4.98 Å². The Morgan fingerprint density at radius 2 is 2.11 bits per heavy atom. The van der Waals surface area contributed by atoms with E-state index in [2.05, 4.69) is 10.4 Å². The molecule has 0 atom stereocenters. The number of rotatable bonds is 1.